The summed E-state index contributed by atoms with van der Waals surface area (Å²) in [5, 5.41) is 0. The third-order valence-electron chi connectivity index (χ3n) is 5.42. The first kappa shape index (κ1) is 17.8. The second-order valence-corrected chi connectivity index (χ2v) is 8.04. The van der Waals surface area contributed by atoms with E-state index >= 15 is 0 Å². The highest BCUT2D eigenvalue weighted by molar-refractivity contribution is 5.96. The summed E-state index contributed by atoms with van der Waals surface area (Å²) in [4.78, 5) is 19.6. The van der Waals surface area contributed by atoms with Gasteiger partial charge in [-0.3, -0.25) is 4.79 Å². The van der Waals surface area contributed by atoms with Crippen LogP contribution < -0.4 is 4.90 Å². The number of imidazole rings is 1. The van der Waals surface area contributed by atoms with Gasteiger partial charge in [0.25, 0.3) is 0 Å². The molecule has 1 amide bonds. The Balaban J connectivity index is 1.68. The van der Waals surface area contributed by atoms with Gasteiger partial charge in [-0.1, -0.05) is 38.1 Å². The standard InChI is InChI=1S/C23H27N3O/c1-16(2)11-12-25-21-10-5-4-9-20(21)24-23(25)18-14-22(27)26(15-18)19-8-6-7-17(3)13-19/h4-10,13,16,18H,11-12,14-15H2,1-3H3/t18-/m0/s1. The number of aromatic nitrogens is 2. The number of anilines is 1. The van der Waals surface area contributed by atoms with E-state index in [9.17, 15) is 4.79 Å². The smallest absolute Gasteiger partial charge is 0.227 e. The van der Waals surface area contributed by atoms with Crippen molar-refractivity contribution in [3.05, 3.63) is 59.9 Å². The van der Waals surface area contributed by atoms with E-state index < -0.39 is 0 Å². The van der Waals surface area contributed by atoms with Crippen molar-refractivity contribution >= 4 is 22.6 Å². The molecule has 1 saturated heterocycles. The van der Waals surface area contributed by atoms with Gasteiger partial charge in [0.2, 0.25) is 5.91 Å². The van der Waals surface area contributed by atoms with Gasteiger partial charge >= 0.3 is 0 Å². The van der Waals surface area contributed by atoms with E-state index in [1.165, 1.54) is 11.1 Å². The number of fused-ring (bicyclic) bond motifs is 1. The minimum absolute atomic E-state index is 0.137. The molecule has 1 fully saturated rings. The monoisotopic (exact) mass is 361 g/mol. The van der Waals surface area contributed by atoms with Crippen molar-refractivity contribution in [2.24, 2.45) is 5.92 Å². The number of rotatable bonds is 5. The number of carbonyl (C=O) groups excluding carboxylic acids is 1. The first-order valence-electron chi connectivity index (χ1n) is 9.85. The summed E-state index contributed by atoms with van der Waals surface area (Å²) in [5.41, 5.74) is 4.37. The third-order valence-corrected chi connectivity index (χ3v) is 5.42. The van der Waals surface area contributed by atoms with Gasteiger partial charge in [0.15, 0.2) is 0 Å². The van der Waals surface area contributed by atoms with E-state index in [0.29, 0.717) is 18.9 Å². The maximum Gasteiger partial charge on any atom is 0.227 e. The van der Waals surface area contributed by atoms with E-state index in [-0.39, 0.29) is 11.8 Å². The summed E-state index contributed by atoms with van der Waals surface area (Å²) in [6.45, 7) is 8.21. The zero-order chi connectivity index (χ0) is 19.0. The van der Waals surface area contributed by atoms with Crippen LogP contribution in [0.4, 0.5) is 5.69 Å². The van der Waals surface area contributed by atoms with E-state index in [4.69, 9.17) is 4.98 Å². The molecule has 4 nitrogen and oxygen atoms in total. The summed E-state index contributed by atoms with van der Waals surface area (Å²) in [6, 6.07) is 16.5. The highest BCUT2D eigenvalue weighted by Crippen LogP contribution is 2.33. The highest BCUT2D eigenvalue weighted by Gasteiger charge is 2.34. The molecule has 1 aromatic heterocycles. The fraction of sp³-hybridized carbons (Fsp3) is 0.391. The minimum Gasteiger partial charge on any atom is -0.328 e. The van der Waals surface area contributed by atoms with Crippen molar-refractivity contribution in [2.75, 3.05) is 11.4 Å². The molecule has 2 aromatic carbocycles. The van der Waals surface area contributed by atoms with E-state index in [2.05, 4.69) is 55.7 Å². The van der Waals surface area contributed by atoms with Gasteiger partial charge in [-0.2, -0.15) is 0 Å². The number of nitrogens with zero attached hydrogens (tertiary/aromatic N) is 3. The highest BCUT2D eigenvalue weighted by atomic mass is 16.2. The molecule has 0 bridgehead atoms. The molecule has 0 radical (unpaired) electrons. The number of aryl methyl sites for hydroxylation is 2. The van der Waals surface area contributed by atoms with Crippen LogP contribution in [-0.4, -0.2) is 22.0 Å². The summed E-state index contributed by atoms with van der Waals surface area (Å²) in [7, 11) is 0. The second kappa shape index (κ2) is 7.18. The first-order valence-corrected chi connectivity index (χ1v) is 9.85. The Labute approximate surface area is 160 Å². The number of hydrogen-bond acceptors (Lipinski definition) is 2. The summed E-state index contributed by atoms with van der Waals surface area (Å²) in [6.07, 6.45) is 1.63. The van der Waals surface area contributed by atoms with Gasteiger partial charge in [-0.05, 0) is 49.1 Å². The van der Waals surface area contributed by atoms with Crippen LogP contribution in [0, 0.1) is 12.8 Å². The Hall–Kier alpha value is -2.62. The Bertz CT molecular complexity index is 973. The molecule has 0 unspecified atom stereocenters. The zero-order valence-corrected chi connectivity index (χ0v) is 16.4. The lowest BCUT2D eigenvalue weighted by Crippen LogP contribution is -2.24. The van der Waals surface area contributed by atoms with Crippen LogP contribution in [0.15, 0.2) is 48.5 Å². The van der Waals surface area contributed by atoms with Crippen LogP contribution in [0.25, 0.3) is 11.0 Å². The molecule has 0 saturated carbocycles. The normalized spacial score (nSPS) is 17.4. The molecule has 0 spiro atoms. The van der Waals surface area contributed by atoms with Crippen molar-refractivity contribution in [2.45, 2.75) is 46.1 Å². The predicted octanol–water partition coefficient (Wildman–Crippen LogP) is 4.91. The van der Waals surface area contributed by atoms with Crippen molar-refractivity contribution < 1.29 is 4.79 Å². The Morgan fingerprint density at radius 3 is 2.74 bits per heavy atom. The molecule has 0 aliphatic carbocycles. The average Bonchev–Trinajstić information content (AvgIpc) is 3.20. The lowest BCUT2D eigenvalue weighted by atomic mass is 10.1. The number of benzene rings is 2. The molecule has 0 N–H and O–H groups in total. The van der Waals surface area contributed by atoms with E-state index in [0.717, 1.165) is 30.0 Å². The topological polar surface area (TPSA) is 38.1 Å². The van der Waals surface area contributed by atoms with Crippen molar-refractivity contribution in [1.82, 2.24) is 9.55 Å². The van der Waals surface area contributed by atoms with E-state index in [1.807, 2.05) is 23.1 Å². The van der Waals surface area contributed by atoms with E-state index in [1.54, 1.807) is 0 Å². The minimum atomic E-state index is 0.137. The molecule has 3 aromatic rings. The van der Waals surface area contributed by atoms with Gasteiger partial charge in [0, 0.05) is 31.1 Å². The first-order chi connectivity index (χ1) is 13.0. The number of para-hydroxylation sites is 2. The molecule has 4 heteroatoms. The molecule has 140 valence electrons. The fourth-order valence-electron chi connectivity index (χ4n) is 3.95. The SMILES string of the molecule is Cc1cccc(N2C[C@@H](c3nc4ccccc4n3CCC(C)C)CC2=O)c1. The van der Waals surface area contributed by atoms with Crippen LogP contribution in [-0.2, 0) is 11.3 Å². The van der Waals surface area contributed by atoms with Crippen molar-refractivity contribution in [1.29, 1.82) is 0 Å². The molecule has 4 rings (SSSR count). The molecule has 1 aliphatic rings. The molecular formula is C23H27N3O. The Kier molecular flexibility index (Phi) is 4.73. The van der Waals surface area contributed by atoms with Crippen molar-refractivity contribution in [3.8, 4) is 0 Å². The number of carbonyl (C=O) groups is 1. The second-order valence-electron chi connectivity index (χ2n) is 8.04. The lowest BCUT2D eigenvalue weighted by molar-refractivity contribution is -0.117. The van der Waals surface area contributed by atoms with Crippen LogP contribution in [0.2, 0.25) is 0 Å². The zero-order valence-electron chi connectivity index (χ0n) is 16.4. The quantitative estimate of drug-likeness (QED) is 0.647. The number of hydrogen-bond donors (Lipinski definition) is 0. The van der Waals surface area contributed by atoms with Crippen LogP contribution in [0.3, 0.4) is 0 Å². The maximum atomic E-state index is 12.8. The molecule has 2 heterocycles. The lowest BCUT2D eigenvalue weighted by Gasteiger charge is -2.18. The molecule has 27 heavy (non-hydrogen) atoms. The third kappa shape index (κ3) is 3.48. The molecular weight excluding hydrogens is 334 g/mol. The summed E-state index contributed by atoms with van der Waals surface area (Å²) >= 11 is 0. The van der Waals surface area contributed by atoms with Crippen LogP contribution in [0.5, 0.6) is 0 Å². The average molecular weight is 361 g/mol. The number of amides is 1. The van der Waals surface area contributed by atoms with Crippen LogP contribution in [0.1, 0.15) is 44.0 Å². The maximum absolute atomic E-state index is 12.8. The summed E-state index contributed by atoms with van der Waals surface area (Å²) in [5.74, 6) is 2.01. The molecule has 1 atom stereocenters. The van der Waals surface area contributed by atoms with Gasteiger partial charge in [-0.15, -0.1) is 0 Å². The van der Waals surface area contributed by atoms with Crippen molar-refractivity contribution in [3.63, 3.8) is 0 Å². The van der Waals surface area contributed by atoms with Gasteiger partial charge in [0.1, 0.15) is 5.82 Å². The van der Waals surface area contributed by atoms with Gasteiger partial charge in [-0.25, -0.2) is 4.98 Å². The van der Waals surface area contributed by atoms with Gasteiger partial charge < -0.3 is 9.47 Å². The Morgan fingerprint density at radius 2 is 1.96 bits per heavy atom. The molecule has 1 aliphatic heterocycles. The Morgan fingerprint density at radius 1 is 1.15 bits per heavy atom. The van der Waals surface area contributed by atoms with Crippen LogP contribution >= 0.6 is 0 Å². The fourth-order valence-corrected chi connectivity index (χ4v) is 3.95. The largest absolute Gasteiger partial charge is 0.328 e. The predicted molar refractivity (Wildman–Crippen MR) is 110 cm³/mol. The summed E-state index contributed by atoms with van der Waals surface area (Å²) < 4.78 is 2.34. The van der Waals surface area contributed by atoms with Gasteiger partial charge in [0.05, 0.1) is 11.0 Å².